The van der Waals surface area contributed by atoms with Crippen molar-refractivity contribution in [2.75, 3.05) is 59.2 Å². The van der Waals surface area contributed by atoms with Crippen molar-refractivity contribution in [1.29, 1.82) is 0 Å². The zero-order valence-electron chi connectivity index (χ0n) is 14.7. The SMILES string of the molecule is CN=C(NCCCNS(C)(=O)=O)NCC(C)(C)N1CCOCC1. The lowest BCUT2D eigenvalue weighted by molar-refractivity contribution is -0.00833. The highest BCUT2D eigenvalue weighted by Crippen LogP contribution is 2.14. The van der Waals surface area contributed by atoms with E-state index in [4.69, 9.17) is 4.74 Å². The van der Waals surface area contributed by atoms with Crippen molar-refractivity contribution in [3.8, 4) is 0 Å². The predicted octanol–water partition coefficient (Wildman–Crippen LogP) is -0.798. The van der Waals surface area contributed by atoms with Crippen molar-refractivity contribution in [2.24, 2.45) is 4.99 Å². The fraction of sp³-hybridized carbons (Fsp3) is 0.929. The number of ether oxygens (including phenoxy) is 1. The van der Waals surface area contributed by atoms with E-state index in [1.807, 2.05) is 0 Å². The lowest BCUT2D eigenvalue weighted by Gasteiger charge is -2.41. The molecule has 1 aliphatic heterocycles. The maximum absolute atomic E-state index is 11.0. The molecule has 0 aliphatic carbocycles. The van der Waals surface area contributed by atoms with E-state index in [2.05, 4.69) is 39.1 Å². The number of hydrogen-bond donors (Lipinski definition) is 3. The Morgan fingerprint density at radius 3 is 2.43 bits per heavy atom. The second-order valence-electron chi connectivity index (χ2n) is 6.28. The number of sulfonamides is 1. The molecule has 0 aromatic rings. The Bertz CT molecular complexity index is 473. The lowest BCUT2D eigenvalue weighted by atomic mass is 10.0. The minimum atomic E-state index is -3.11. The van der Waals surface area contributed by atoms with Crippen molar-refractivity contribution in [1.82, 2.24) is 20.3 Å². The Hall–Kier alpha value is -0.900. The van der Waals surface area contributed by atoms with E-state index in [9.17, 15) is 8.42 Å². The van der Waals surface area contributed by atoms with Crippen LogP contribution in [0.2, 0.25) is 0 Å². The fourth-order valence-corrected chi connectivity index (χ4v) is 2.87. The molecular formula is C14H31N5O3S. The molecule has 1 aliphatic rings. The van der Waals surface area contributed by atoms with E-state index in [0.29, 0.717) is 19.5 Å². The fourth-order valence-electron chi connectivity index (χ4n) is 2.35. The van der Waals surface area contributed by atoms with Crippen molar-refractivity contribution < 1.29 is 13.2 Å². The number of guanidine groups is 1. The molecule has 0 unspecified atom stereocenters. The highest BCUT2D eigenvalue weighted by atomic mass is 32.2. The second-order valence-corrected chi connectivity index (χ2v) is 8.12. The number of nitrogens with zero attached hydrogens (tertiary/aromatic N) is 2. The molecule has 9 heteroatoms. The molecule has 3 N–H and O–H groups in total. The standard InChI is InChI=1S/C14H31N5O3S/c1-14(2,19-8-10-22-11-9-19)12-17-13(15-3)16-6-5-7-18-23(4,20)21/h18H,5-12H2,1-4H3,(H2,15,16,17). The number of hydrogen-bond acceptors (Lipinski definition) is 5. The van der Waals surface area contributed by atoms with E-state index >= 15 is 0 Å². The summed E-state index contributed by atoms with van der Waals surface area (Å²) in [7, 11) is -1.38. The van der Waals surface area contributed by atoms with Crippen LogP contribution in [0.1, 0.15) is 20.3 Å². The smallest absolute Gasteiger partial charge is 0.208 e. The van der Waals surface area contributed by atoms with Gasteiger partial charge in [-0.2, -0.15) is 0 Å². The molecule has 0 aromatic heterocycles. The lowest BCUT2D eigenvalue weighted by Crippen LogP contribution is -2.56. The Morgan fingerprint density at radius 2 is 1.87 bits per heavy atom. The normalized spacial score (nSPS) is 18.0. The van der Waals surface area contributed by atoms with E-state index in [1.165, 1.54) is 0 Å². The Morgan fingerprint density at radius 1 is 1.22 bits per heavy atom. The van der Waals surface area contributed by atoms with Crippen LogP contribution in [0.5, 0.6) is 0 Å². The van der Waals surface area contributed by atoms with Gasteiger partial charge in [0.15, 0.2) is 5.96 Å². The Kier molecular flexibility index (Phi) is 8.24. The Labute approximate surface area is 140 Å². The average molecular weight is 350 g/mol. The average Bonchev–Trinajstić information content (AvgIpc) is 2.50. The molecule has 1 saturated heterocycles. The first-order valence-corrected chi connectivity index (χ1v) is 9.86. The summed E-state index contributed by atoms with van der Waals surface area (Å²) in [6.45, 7) is 9.70. The van der Waals surface area contributed by atoms with Crippen LogP contribution in [0.4, 0.5) is 0 Å². The third kappa shape index (κ3) is 8.50. The molecule has 0 aromatic carbocycles. The van der Waals surface area contributed by atoms with Gasteiger partial charge in [0.05, 0.1) is 19.5 Å². The van der Waals surface area contributed by atoms with Crippen LogP contribution in [-0.2, 0) is 14.8 Å². The van der Waals surface area contributed by atoms with Crippen molar-refractivity contribution in [2.45, 2.75) is 25.8 Å². The molecule has 0 atom stereocenters. The number of rotatable bonds is 8. The summed E-state index contributed by atoms with van der Waals surface area (Å²) in [4.78, 5) is 6.60. The van der Waals surface area contributed by atoms with E-state index in [1.54, 1.807) is 7.05 Å². The minimum absolute atomic E-state index is 0.0131. The largest absolute Gasteiger partial charge is 0.379 e. The summed E-state index contributed by atoms with van der Waals surface area (Å²) in [6.07, 6.45) is 1.86. The summed E-state index contributed by atoms with van der Waals surface area (Å²) in [5, 5.41) is 6.52. The molecule has 0 bridgehead atoms. The van der Waals surface area contributed by atoms with Gasteiger partial charge in [-0.15, -0.1) is 0 Å². The predicted molar refractivity (Wildman–Crippen MR) is 93.3 cm³/mol. The van der Waals surface area contributed by atoms with Crippen molar-refractivity contribution in [3.05, 3.63) is 0 Å². The number of morpholine rings is 1. The number of aliphatic imine (C=N–C) groups is 1. The summed E-state index contributed by atoms with van der Waals surface area (Å²) in [5.74, 6) is 0.727. The van der Waals surface area contributed by atoms with E-state index < -0.39 is 10.0 Å². The molecule has 23 heavy (non-hydrogen) atoms. The molecular weight excluding hydrogens is 318 g/mol. The van der Waals surface area contributed by atoms with Gasteiger partial charge in [0.25, 0.3) is 0 Å². The molecule has 0 radical (unpaired) electrons. The topological polar surface area (TPSA) is 95.1 Å². The highest BCUT2D eigenvalue weighted by Gasteiger charge is 2.28. The Balaban J connectivity index is 2.27. The summed E-state index contributed by atoms with van der Waals surface area (Å²) in [6, 6.07) is 0. The maximum Gasteiger partial charge on any atom is 0.208 e. The first kappa shape index (κ1) is 20.1. The van der Waals surface area contributed by atoms with Gasteiger partial charge in [0, 0.05) is 45.3 Å². The van der Waals surface area contributed by atoms with Gasteiger partial charge in [-0.05, 0) is 20.3 Å². The third-order valence-corrected chi connectivity index (χ3v) is 4.52. The third-order valence-electron chi connectivity index (χ3n) is 3.79. The zero-order chi connectivity index (χ0) is 17.3. The van der Waals surface area contributed by atoms with Crippen molar-refractivity contribution in [3.63, 3.8) is 0 Å². The zero-order valence-corrected chi connectivity index (χ0v) is 15.5. The highest BCUT2D eigenvalue weighted by molar-refractivity contribution is 7.88. The summed E-state index contributed by atoms with van der Waals surface area (Å²) < 4.78 is 29.8. The minimum Gasteiger partial charge on any atom is -0.379 e. The van der Waals surface area contributed by atoms with Crippen LogP contribution in [0, 0.1) is 0 Å². The molecule has 1 heterocycles. The van der Waals surface area contributed by atoms with Gasteiger partial charge in [-0.1, -0.05) is 0 Å². The van der Waals surface area contributed by atoms with Crippen LogP contribution in [-0.4, -0.2) is 84.1 Å². The van der Waals surface area contributed by atoms with Crippen LogP contribution < -0.4 is 15.4 Å². The first-order chi connectivity index (χ1) is 10.7. The van der Waals surface area contributed by atoms with Crippen LogP contribution in [0.25, 0.3) is 0 Å². The van der Waals surface area contributed by atoms with Crippen LogP contribution in [0.15, 0.2) is 4.99 Å². The molecule has 8 nitrogen and oxygen atoms in total. The maximum atomic E-state index is 11.0. The van der Waals surface area contributed by atoms with Gasteiger partial charge >= 0.3 is 0 Å². The molecule has 0 amide bonds. The van der Waals surface area contributed by atoms with Crippen LogP contribution in [0.3, 0.4) is 0 Å². The second kappa shape index (κ2) is 9.41. The van der Waals surface area contributed by atoms with E-state index in [0.717, 1.165) is 45.1 Å². The van der Waals surface area contributed by atoms with Gasteiger partial charge in [-0.3, -0.25) is 9.89 Å². The van der Waals surface area contributed by atoms with Gasteiger partial charge < -0.3 is 15.4 Å². The molecule has 0 saturated carbocycles. The van der Waals surface area contributed by atoms with E-state index in [-0.39, 0.29) is 5.54 Å². The molecule has 0 spiro atoms. The van der Waals surface area contributed by atoms with Crippen molar-refractivity contribution >= 4 is 16.0 Å². The first-order valence-electron chi connectivity index (χ1n) is 7.96. The van der Waals surface area contributed by atoms with Gasteiger partial charge in [0.2, 0.25) is 10.0 Å². The molecule has 1 rings (SSSR count). The van der Waals surface area contributed by atoms with Gasteiger partial charge in [-0.25, -0.2) is 13.1 Å². The monoisotopic (exact) mass is 349 g/mol. The number of nitrogens with one attached hydrogen (secondary N) is 3. The quantitative estimate of drug-likeness (QED) is 0.302. The molecule has 1 fully saturated rings. The summed E-state index contributed by atoms with van der Waals surface area (Å²) >= 11 is 0. The van der Waals surface area contributed by atoms with Crippen LogP contribution >= 0.6 is 0 Å². The summed E-state index contributed by atoms with van der Waals surface area (Å²) in [5.41, 5.74) is 0.0131. The van der Waals surface area contributed by atoms with Gasteiger partial charge in [0.1, 0.15) is 0 Å². The molecule has 136 valence electrons.